The number of nitrogens with one attached hydrogen (secondary N) is 1. The average Bonchev–Trinajstić information content (AvgIpc) is 3.27. The second-order valence-corrected chi connectivity index (χ2v) is 11.6. The van der Waals surface area contributed by atoms with E-state index < -0.39 is 17.8 Å². The largest absolute Gasteiger partial charge is 0.433 e. The Morgan fingerprint density at radius 1 is 1.11 bits per heavy atom. The fourth-order valence-corrected chi connectivity index (χ4v) is 6.40. The van der Waals surface area contributed by atoms with Gasteiger partial charge in [0.15, 0.2) is 0 Å². The smallest absolute Gasteiger partial charge is 0.378 e. The summed E-state index contributed by atoms with van der Waals surface area (Å²) in [5.74, 6) is -0.243. The maximum absolute atomic E-state index is 13.1. The molecule has 5 rings (SSSR count). The van der Waals surface area contributed by atoms with Gasteiger partial charge in [-0.2, -0.15) is 13.2 Å². The van der Waals surface area contributed by atoms with E-state index in [1.165, 1.54) is 25.0 Å². The molecule has 2 aliphatic rings. The summed E-state index contributed by atoms with van der Waals surface area (Å²) in [4.78, 5) is 23.5. The van der Waals surface area contributed by atoms with E-state index in [4.69, 9.17) is 9.72 Å². The number of pyridine rings is 1. The minimum absolute atomic E-state index is 0.284. The molecule has 1 aliphatic carbocycles. The molecule has 1 N–H and O–H groups in total. The van der Waals surface area contributed by atoms with Crippen molar-refractivity contribution in [3.63, 3.8) is 0 Å². The van der Waals surface area contributed by atoms with E-state index in [0.717, 1.165) is 43.7 Å². The third-order valence-electron chi connectivity index (χ3n) is 6.40. The highest BCUT2D eigenvalue weighted by atomic mass is 127. The summed E-state index contributed by atoms with van der Waals surface area (Å²) in [5.41, 5.74) is 0.817. The highest BCUT2D eigenvalue weighted by Crippen LogP contribution is 2.41. The summed E-state index contributed by atoms with van der Waals surface area (Å²) in [7, 11) is 0. The van der Waals surface area contributed by atoms with Gasteiger partial charge in [-0.3, -0.25) is 4.79 Å². The third kappa shape index (κ3) is 5.56. The van der Waals surface area contributed by atoms with Crippen molar-refractivity contribution in [3.8, 4) is 0 Å². The van der Waals surface area contributed by atoms with Gasteiger partial charge in [-0.05, 0) is 49.9 Å². The highest BCUT2D eigenvalue weighted by Gasteiger charge is 2.33. The lowest BCUT2D eigenvalue weighted by Crippen LogP contribution is -2.36. The summed E-state index contributed by atoms with van der Waals surface area (Å²) in [5, 5.41) is 3.93. The molecule has 3 aromatic rings. The predicted octanol–water partition coefficient (Wildman–Crippen LogP) is 6.26. The fourth-order valence-electron chi connectivity index (χ4n) is 4.53. The first-order valence-electron chi connectivity index (χ1n) is 11.5. The molecule has 0 radical (unpaired) electrons. The molecule has 0 bridgehead atoms. The van der Waals surface area contributed by atoms with Gasteiger partial charge in [-0.15, -0.1) is 11.3 Å². The second kappa shape index (κ2) is 10.2. The van der Waals surface area contributed by atoms with Crippen LogP contribution >= 0.6 is 33.9 Å². The van der Waals surface area contributed by atoms with Crippen LogP contribution in [0.1, 0.15) is 52.8 Å². The van der Waals surface area contributed by atoms with Gasteiger partial charge in [0.25, 0.3) is 5.91 Å². The van der Waals surface area contributed by atoms with Crippen molar-refractivity contribution < 1.29 is 22.7 Å². The number of fused-ring (bicyclic) bond motifs is 1. The van der Waals surface area contributed by atoms with E-state index >= 15 is 0 Å². The number of amides is 1. The van der Waals surface area contributed by atoms with Gasteiger partial charge in [0.1, 0.15) is 11.4 Å². The lowest BCUT2D eigenvalue weighted by molar-refractivity contribution is -0.141. The molecule has 0 spiro atoms. The lowest BCUT2D eigenvalue weighted by atomic mass is 9.90. The Bertz CT molecular complexity index is 1220. The van der Waals surface area contributed by atoms with Crippen molar-refractivity contribution in [1.82, 2.24) is 9.97 Å². The molecule has 0 atom stereocenters. The zero-order chi connectivity index (χ0) is 24.6. The molecule has 6 nitrogen and oxygen atoms in total. The number of carbonyl (C=O) groups is 1. The van der Waals surface area contributed by atoms with Crippen LogP contribution in [0.3, 0.4) is 0 Å². The van der Waals surface area contributed by atoms with Crippen LogP contribution in [0, 0.1) is 0 Å². The molecule has 186 valence electrons. The Morgan fingerprint density at radius 2 is 1.86 bits per heavy atom. The van der Waals surface area contributed by atoms with E-state index in [9.17, 15) is 18.0 Å². The number of thiazole rings is 1. The molecular formula is C24H24F3IN4O2S. The standard InChI is InChI=1S/C24H24F3IN4O2S/c25-24(26,27)21-3-1-2-16(29-21)22(33)30-17-13-20-18(12-19(17)32-8-10-34-11-9-32)31-23(35-20)14-4-6-15(28)7-5-14/h1-3,12-15H,4-11H2,(H,30,33). The van der Waals surface area contributed by atoms with Crippen LogP contribution in [0.4, 0.5) is 24.5 Å². The zero-order valence-corrected chi connectivity index (χ0v) is 21.8. The number of hydrogen-bond donors (Lipinski definition) is 1. The van der Waals surface area contributed by atoms with Crippen molar-refractivity contribution in [2.75, 3.05) is 36.5 Å². The van der Waals surface area contributed by atoms with Crippen LogP contribution in [-0.4, -0.2) is 46.1 Å². The molecule has 11 heteroatoms. The number of aromatic nitrogens is 2. The molecule has 1 amide bonds. The summed E-state index contributed by atoms with van der Waals surface area (Å²) >= 11 is 4.15. The number of carbonyl (C=O) groups excluding carboxylic acids is 1. The van der Waals surface area contributed by atoms with Gasteiger partial charge >= 0.3 is 6.18 Å². The first kappa shape index (κ1) is 24.7. The van der Waals surface area contributed by atoms with Crippen LogP contribution in [0.5, 0.6) is 0 Å². The van der Waals surface area contributed by atoms with Crippen molar-refractivity contribution in [2.24, 2.45) is 0 Å². The third-order valence-corrected chi connectivity index (χ3v) is 8.83. The number of anilines is 2. The minimum atomic E-state index is -4.62. The van der Waals surface area contributed by atoms with Gasteiger partial charge in [-0.1, -0.05) is 28.7 Å². The van der Waals surface area contributed by atoms with Gasteiger partial charge < -0.3 is 15.0 Å². The van der Waals surface area contributed by atoms with E-state index in [1.807, 2.05) is 12.1 Å². The molecule has 2 fully saturated rings. The number of rotatable bonds is 4. The zero-order valence-electron chi connectivity index (χ0n) is 18.8. The Hall–Kier alpha value is -1.99. The first-order chi connectivity index (χ1) is 16.8. The highest BCUT2D eigenvalue weighted by molar-refractivity contribution is 14.1. The Morgan fingerprint density at radius 3 is 2.57 bits per heavy atom. The second-order valence-electron chi connectivity index (χ2n) is 8.80. The summed E-state index contributed by atoms with van der Waals surface area (Å²) in [6.45, 7) is 2.41. The van der Waals surface area contributed by atoms with Crippen molar-refractivity contribution in [1.29, 1.82) is 0 Å². The van der Waals surface area contributed by atoms with Crippen molar-refractivity contribution in [3.05, 3.63) is 46.7 Å². The molecule has 35 heavy (non-hydrogen) atoms. The van der Waals surface area contributed by atoms with Gasteiger partial charge in [0.05, 0.1) is 39.8 Å². The van der Waals surface area contributed by atoms with Crippen LogP contribution in [-0.2, 0) is 10.9 Å². The van der Waals surface area contributed by atoms with E-state index in [1.54, 1.807) is 11.3 Å². The maximum Gasteiger partial charge on any atom is 0.433 e. The predicted molar refractivity (Wildman–Crippen MR) is 139 cm³/mol. The van der Waals surface area contributed by atoms with Crippen LogP contribution < -0.4 is 10.2 Å². The van der Waals surface area contributed by atoms with Crippen LogP contribution in [0.2, 0.25) is 0 Å². The molecule has 1 saturated heterocycles. The Balaban J connectivity index is 1.48. The first-order valence-corrected chi connectivity index (χ1v) is 13.6. The number of nitrogens with zero attached hydrogens (tertiary/aromatic N) is 3. The van der Waals surface area contributed by atoms with Gasteiger partial charge in [0, 0.05) is 22.9 Å². The Labute approximate surface area is 218 Å². The lowest BCUT2D eigenvalue weighted by Gasteiger charge is -2.30. The van der Waals surface area contributed by atoms with Gasteiger partial charge in [0.2, 0.25) is 0 Å². The molecule has 3 heterocycles. The van der Waals surface area contributed by atoms with Crippen molar-refractivity contribution >= 4 is 61.4 Å². The number of hydrogen-bond acceptors (Lipinski definition) is 6. The van der Waals surface area contributed by atoms with Crippen molar-refractivity contribution in [2.45, 2.75) is 41.7 Å². The number of alkyl halides is 4. The van der Waals surface area contributed by atoms with E-state index in [0.29, 0.717) is 37.9 Å². The molecule has 1 aromatic carbocycles. The van der Waals surface area contributed by atoms with E-state index in [2.05, 4.69) is 37.8 Å². The summed E-state index contributed by atoms with van der Waals surface area (Å²) in [6, 6.07) is 7.19. The fraction of sp³-hybridized carbons (Fsp3) is 0.458. The number of halogens is 4. The topological polar surface area (TPSA) is 67.4 Å². The van der Waals surface area contributed by atoms with E-state index in [-0.39, 0.29) is 5.69 Å². The monoisotopic (exact) mass is 616 g/mol. The van der Waals surface area contributed by atoms with Crippen LogP contribution in [0.25, 0.3) is 10.2 Å². The molecule has 1 aliphatic heterocycles. The quantitative estimate of drug-likeness (QED) is 0.277. The maximum atomic E-state index is 13.1. The molecule has 2 aromatic heterocycles. The molecular weight excluding hydrogens is 592 g/mol. The summed E-state index contributed by atoms with van der Waals surface area (Å²) < 4.78 is 46.4. The van der Waals surface area contributed by atoms with Crippen LogP contribution in [0.15, 0.2) is 30.3 Å². The Kier molecular flexibility index (Phi) is 7.18. The SMILES string of the molecule is O=C(Nc1cc2sc(C3CCC(I)CC3)nc2cc1N1CCOCC1)c1cccc(C(F)(F)F)n1. The number of morpholine rings is 1. The molecule has 0 unspecified atom stereocenters. The minimum Gasteiger partial charge on any atom is -0.378 e. The summed E-state index contributed by atoms with van der Waals surface area (Å²) in [6.07, 6.45) is -0.0102. The van der Waals surface area contributed by atoms with Gasteiger partial charge in [-0.25, -0.2) is 9.97 Å². The normalized spacial score (nSPS) is 21.3. The number of ether oxygens (including phenoxy) is 1. The molecule has 1 saturated carbocycles. The average molecular weight is 616 g/mol. The number of benzene rings is 1.